The maximum Gasteiger partial charge on any atom is 0.422 e. The molecule has 4 rings (SSSR count). The summed E-state index contributed by atoms with van der Waals surface area (Å²) >= 11 is 0. The fraction of sp³-hybridized carbons (Fsp3) is 0.517. The molecule has 0 radical (unpaired) electrons. The van der Waals surface area contributed by atoms with Gasteiger partial charge in [-0.2, -0.15) is 13.2 Å². The first-order valence-corrected chi connectivity index (χ1v) is 12.5. The monoisotopic (exact) mass is 474 g/mol. The maximum atomic E-state index is 13.8. The van der Waals surface area contributed by atoms with Gasteiger partial charge in [-0.1, -0.05) is 56.9 Å². The van der Waals surface area contributed by atoms with Crippen LogP contribution in [-0.4, -0.2) is 0 Å². The predicted molar refractivity (Wildman–Crippen MR) is 124 cm³/mol. The lowest BCUT2D eigenvalue weighted by atomic mass is 9.64. The molecule has 2 aliphatic carbocycles. The molecule has 2 aliphatic rings. The Labute approximate surface area is 199 Å². The number of unbranched alkanes of at least 4 members (excludes halogenated alkanes) is 3. The quantitative estimate of drug-likeness (QED) is 0.231. The lowest BCUT2D eigenvalue weighted by Gasteiger charge is -2.40. The molecule has 0 amide bonds. The summed E-state index contributed by atoms with van der Waals surface area (Å²) in [6.07, 6.45) is 7.60. The summed E-state index contributed by atoms with van der Waals surface area (Å²) in [4.78, 5) is 0. The lowest BCUT2D eigenvalue weighted by molar-refractivity contribution is -0.142. The van der Waals surface area contributed by atoms with Gasteiger partial charge in [-0.05, 0) is 85.3 Å². The average molecular weight is 475 g/mol. The first-order chi connectivity index (χ1) is 16.3. The second-order valence-electron chi connectivity index (χ2n) is 9.91. The van der Waals surface area contributed by atoms with E-state index in [4.69, 9.17) is 0 Å². The van der Waals surface area contributed by atoms with Gasteiger partial charge in [-0.3, -0.25) is 0 Å². The number of alkyl halides is 3. The van der Waals surface area contributed by atoms with Gasteiger partial charge in [-0.25, -0.2) is 8.78 Å². The Morgan fingerprint density at radius 2 is 1.62 bits per heavy atom. The average Bonchev–Trinajstić information content (AvgIpc) is 2.78. The Hall–Kier alpha value is -2.35. The maximum absolute atomic E-state index is 13.8. The Balaban J connectivity index is 1.44. The summed E-state index contributed by atoms with van der Waals surface area (Å²) in [6.45, 7) is 2.25. The van der Waals surface area contributed by atoms with Crippen molar-refractivity contribution in [2.75, 3.05) is 0 Å². The van der Waals surface area contributed by atoms with Crippen LogP contribution in [0.25, 0.3) is 0 Å². The van der Waals surface area contributed by atoms with Gasteiger partial charge < -0.3 is 0 Å². The molecule has 0 nitrogen and oxygen atoms in total. The highest BCUT2D eigenvalue weighted by Gasteiger charge is 2.38. The third kappa shape index (κ3) is 5.65. The van der Waals surface area contributed by atoms with E-state index in [0.29, 0.717) is 23.6 Å². The molecule has 3 atom stereocenters. The summed E-state index contributed by atoms with van der Waals surface area (Å²) in [5.41, 5.74) is 1.40. The fourth-order valence-corrected chi connectivity index (χ4v) is 5.87. The molecule has 5 heteroatoms. The molecule has 34 heavy (non-hydrogen) atoms. The van der Waals surface area contributed by atoms with Gasteiger partial charge in [0.15, 0.2) is 0 Å². The molecule has 182 valence electrons. The molecule has 0 aromatic heterocycles. The van der Waals surface area contributed by atoms with Gasteiger partial charge in [0.05, 0.1) is 0 Å². The largest absolute Gasteiger partial charge is 0.422 e. The van der Waals surface area contributed by atoms with Crippen LogP contribution < -0.4 is 0 Å². The van der Waals surface area contributed by atoms with Gasteiger partial charge in [0.25, 0.3) is 0 Å². The Morgan fingerprint density at radius 1 is 0.882 bits per heavy atom. The van der Waals surface area contributed by atoms with Crippen molar-refractivity contribution >= 4 is 0 Å². The zero-order chi connectivity index (χ0) is 24.3. The van der Waals surface area contributed by atoms with Crippen LogP contribution in [0.15, 0.2) is 30.3 Å². The molecule has 2 aromatic carbocycles. The van der Waals surface area contributed by atoms with Crippen molar-refractivity contribution in [2.24, 2.45) is 11.8 Å². The SMILES string of the molecule is CCCCCC[C@@H]1CC[C@@H]2c3ccc(C#Cc4cc(F)c(C(F)(F)F)c(F)c4)cc3CC[C@@H]2C1. The zero-order valence-electron chi connectivity index (χ0n) is 19.6. The van der Waals surface area contributed by atoms with Crippen LogP contribution in [-0.2, 0) is 12.6 Å². The van der Waals surface area contributed by atoms with Crippen LogP contribution >= 0.6 is 0 Å². The van der Waals surface area contributed by atoms with Crippen LogP contribution in [0.3, 0.4) is 0 Å². The molecule has 1 saturated carbocycles. The van der Waals surface area contributed by atoms with Crippen LogP contribution in [0.2, 0.25) is 0 Å². The van der Waals surface area contributed by atoms with Crippen LogP contribution in [0.1, 0.15) is 98.4 Å². The number of hydrogen-bond donors (Lipinski definition) is 0. The molecule has 1 fully saturated rings. The number of hydrogen-bond acceptors (Lipinski definition) is 0. The normalized spacial score (nSPS) is 21.9. The van der Waals surface area contributed by atoms with Crippen molar-refractivity contribution in [1.82, 2.24) is 0 Å². The number of rotatable bonds is 5. The Morgan fingerprint density at radius 3 is 2.32 bits per heavy atom. The summed E-state index contributed by atoms with van der Waals surface area (Å²) in [5.74, 6) is 4.40. The number of benzene rings is 2. The van der Waals surface area contributed by atoms with Crippen LogP contribution in [0, 0.1) is 35.3 Å². The van der Waals surface area contributed by atoms with E-state index >= 15 is 0 Å². The van der Waals surface area contributed by atoms with Gasteiger partial charge in [-0.15, -0.1) is 0 Å². The summed E-state index contributed by atoms with van der Waals surface area (Å²) in [7, 11) is 0. The highest BCUT2D eigenvalue weighted by Crippen LogP contribution is 2.48. The Kier molecular flexibility index (Phi) is 7.65. The third-order valence-electron chi connectivity index (χ3n) is 7.56. The molecule has 2 aromatic rings. The van der Waals surface area contributed by atoms with E-state index in [9.17, 15) is 22.0 Å². The number of fused-ring (bicyclic) bond motifs is 3. The first-order valence-electron chi connectivity index (χ1n) is 12.5. The van der Waals surface area contributed by atoms with Crippen molar-refractivity contribution in [2.45, 2.75) is 83.2 Å². The summed E-state index contributed by atoms with van der Waals surface area (Å²) in [6, 6.07) is 7.37. The van der Waals surface area contributed by atoms with Crippen LogP contribution in [0.5, 0.6) is 0 Å². The minimum atomic E-state index is -5.08. The summed E-state index contributed by atoms with van der Waals surface area (Å²) in [5, 5.41) is 0. The molecule has 0 aliphatic heterocycles. The van der Waals surface area contributed by atoms with Gasteiger partial charge in [0.2, 0.25) is 0 Å². The van der Waals surface area contributed by atoms with E-state index in [1.165, 1.54) is 68.9 Å². The third-order valence-corrected chi connectivity index (χ3v) is 7.56. The molecule has 0 saturated heterocycles. The number of aryl methyl sites for hydroxylation is 1. The van der Waals surface area contributed by atoms with Crippen molar-refractivity contribution in [1.29, 1.82) is 0 Å². The smallest absolute Gasteiger partial charge is 0.206 e. The molecule has 0 unspecified atom stereocenters. The van der Waals surface area contributed by atoms with Crippen molar-refractivity contribution in [3.63, 3.8) is 0 Å². The number of halogens is 5. The van der Waals surface area contributed by atoms with E-state index in [-0.39, 0.29) is 5.56 Å². The van der Waals surface area contributed by atoms with Gasteiger partial charge in [0, 0.05) is 11.1 Å². The standard InChI is InChI=1S/C29H31F5/c1-2-3-4-5-6-19-9-13-24-22(15-19)11-12-23-16-20(10-14-25(23)24)7-8-21-17-26(30)28(27(31)18-21)29(32,33)34/h10,14,16-19,22,24H,2-6,9,11-13,15H2,1H3/t19-,22-,24+/m1/s1. The van der Waals surface area contributed by atoms with Gasteiger partial charge in [0.1, 0.15) is 17.2 Å². The highest BCUT2D eigenvalue weighted by atomic mass is 19.4. The topological polar surface area (TPSA) is 0 Å². The molecule has 0 bridgehead atoms. The first kappa shape index (κ1) is 24.8. The fourth-order valence-electron chi connectivity index (χ4n) is 5.87. The molecule has 0 heterocycles. The van der Waals surface area contributed by atoms with E-state index in [1.807, 2.05) is 12.1 Å². The molecule has 0 spiro atoms. The second-order valence-corrected chi connectivity index (χ2v) is 9.91. The van der Waals surface area contributed by atoms with Gasteiger partial charge >= 0.3 is 6.18 Å². The Bertz CT molecular complexity index is 1050. The molecular weight excluding hydrogens is 443 g/mol. The van der Waals surface area contributed by atoms with Crippen molar-refractivity contribution in [3.05, 3.63) is 69.8 Å². The summed E-state index contributed by atoms with van der Waals surface area (Å²) < 4.78 is 65.9. The zero-order valence-corrected chi connectivity index (χ0v) is 19.6. The van der Waals surface area contributed by atoms with E-state index in [1.54, 1.807) is 0 Å². The second kappa shape index (κ2) is 10.5. The minimum Gasteiger partial charge on any atom is -0.206 e. The van der Waals surface area contributed by atoms with Crippen molar-refractivity contribution in [3.8, 4) is 11.8 Å². The van der Waals surface area contributed by atoms with Crippen LogP contribution in [0.4, 0.5) is 22.0 Å². The van der Waals surface area contributed by atoms with E-state index < -0.39 is 23.4 Å². The van der Waals surface area contributed by atoms with E-state index in [0.717, 1.165) is 18.3 Å². The minimum absolute atomic E-state index is 0.113. The predicted octanol–water partition coefficient (Wildman–Crippen LogP) is 8.80. The van der Waals surface area contributed by atoms with Crippen molar-refractivity contribution < 1.29 is 22.0 Å². The van der Waals surface area contributed by atoms with E-state index in [2.05, 4.69) is 24.8 Å². The lowest BCUT2D eigenvalue weighted by Crippen LogP contribution is -2.28. The highest BCUT2D eigenvalue weighted by molar-refractivity contribution is 5.48. The molecule has 0 N–H and O–H groups in total. The molecular formula is C29H31F5.